The van der Waals surface area contributed by atoms with Gasteiger partial charge in [0, 0.05) is 18.4 Å². The van der Waals surface area contributed by atoms with Crippen LogP contribution in [0.1, 0.15) is 52.4 Å². The average molecular weight is 223 g/mol. The zero-order valence-corrected chi connectivity index (χ0v) is 10.8. The third-order valence-electron chi connectivity index (χ3n) is 3.70. The number of carbonyl (C=O) groups is 1. The van der Waals surface area contributed by atoms with Crippen LogP contribution in [0.25, 0.3) is 0 Å². The molecule has 0 amide bonds. The lowest BCUT2D eigenvalue weighted by Gasteiger charge is -2.36. The molecule has 1 atom stereocenters. The first-order valence-corrected chi connectivity index (χ1v) is 6.55. The van der Waals surface area contributed by atoms with E-state index in [9.17, 15) is 4.79 Å². The molecule has 0 aromatic carbocycles. The Labute approximate surface area is 99.5 Å². The van der Waals surface area contributed by atoms with E-state index < -0.39 is 0 Å². The van der Waals surface area contributed by atoms with Crippen LogP contribution in [0.4, 0.5) is 0 Å². The number of hydrogen-bond acceptors (Lipinski definition) is 2. The fraction of sp³-hybridized carbons (Fsp3) is 0.786. The number of ketones is 1. The molecule has 0 saturated carbocycles. The maximum absolute atomic E-state index is 12.4. The number of nitrogens with one attached hydrogen (secondary N) is 1. The molecule has 1 fully saturated rings. The summed E-state index contributed by atoms with van der Waals surface area (Å²) >= 11 is 0. The second-order valence-corrected chi connectivity index (χ2v) is 5.01. The van der Waals surface area contributed by atoms with Crippen LogP contribution in [0, 0.1) is 5.41 Å². The predicted molar refractivity (Wildman–Crippen MR) is 68.5 cm³/mol. The molecule has 2 heteroatoms. The van der Waals surface area contributed by atoms with Gasteiger partial charge < -0.3 is 5.32 Å². The van der Waals surface area contributed by atoms with Crippen LogP contribution in [0.5, 0.6) is 0 Å². The zero-order chi connectivity index (χ0) is 12.0. The summed E-state index contributed by atoms with van der Waals surface area (Å²) in [6.07, 6.45) is 5.80. The van der Waals surface area contributed by atoms with E-state index in [0.29, 0.717) is 12.2 Å². The molecule has 0 bridgehead atoms. The Kier molecular flexibility index (Phi) is 5.20. The summed E-state index contributed by atoms with van der Waals surface area (Å²) < 4.78 is 0. The quantitative estimate of drug-likeness (QED) is 0.701. The Hall–Kier alpha value is -0.630. The number of hydrogen-bond donors (Lipinski definition) is 1. The number of allylic oxidation sites excluding steroid dienone is 1. The molecule has 1 unspecified atom stereocenters. The van der Waals surface area contributed by atoms with E-state index in [1.807, 2.05) is 0 Å². The van der Waals surface area contributed by atoms with E-state index in [1.165, 1.54) is 0 Å². The van der Waals surface area contributed by atoms with Crippen LogP contribution in [0.2, 0.25) is 0 Å². The molecule has 1 aliphatic heterocycles. The Morgan fingerprint density at radius 2 is 2.19 bits per heavy atom. The van der Waals surface area contributed by atoms with Crippen LogP contribution in [-0.4, -0.2) is 18.9 Å². The van der Waals surface area contributed by atoms with Crippen LogP contribution in [0.3, 0.4) is 0 Å². The summed E-state index contributed by atoms with van der Waals surface area (Å²) in [5.41, 5.74) is 0.983. The third-order valence-corrected chi connectivity index (χ3v) is 3.70. The SMILES string of the molecule is C=C(CC)CC(=O)C1(CCC)CCCNC1. The van der Waals surface area contributed by atoms with Gasteiger partial charge in [-0.1, -0.05) is 32.4 Å². The van der Waals surface area contributed by atoms with Crippen molar-refractivity contribution in [2.24, 2.45) is 5.41 Å². The number of Topliss-reactive ketones (excluding diaryl/α,β-unsaturated/α-hetero) is 1. The van der Waals surface area contributed by atoms with Gasteiger partial charge in [0.15, 0.2) is 0 Å². The van der Waals surface area contributed by atoms with E-state index >= 15 is 0 Å². The largest absolute Gasteiger partial charge is 0.316 e. The lowest BCUT2D eigenvalue weighted by Crippen LogP contribution is -2.45. The highest BCUT2D eigenvalue weighted by atomic mass is 16.1. The van der Waals surface area contributed by atoms with E-state index in [4.69, 9.17) is 0 Å². The summed E-state index contributed by atoms with van der Waals surface area (Å²) in [6, 6.07) is 0. The topological polar surface area (TPSA) is 29.1 Å². The Morgan fingerprint density at radius 1 is 1.44 bits per heavy atom. The lowest BCUT2D eigenvalue weighted by molar-refractivity contribution is -0.129. The zero-order valence-electron chi connectivity index (χ0n) is 10.8. The molecule has 2 nitrogen and oxygen atoms in total. The minimum Gasteiger partial charge on any atom is -0.316 e. The minimum absolute atomic E-state index is 0.0922. The van der Waals surface area contributed by atoms with Gasteiger partial charge in [0.05, 0.1) is 0 Å². The molecule has 0 aromatic rings. The standard InChI is InChI=1S/C14H25NO/c1-4-7-14(8-6-9-15-11-14)13(16)10-12(3)5-2/h15H,3-11H2,1-2H3. The summed E-state index contributed by atoms with van der Waals surface area (Å²) in [6.45, 7) is 10.1. The molecule has 16 heavy (non-hydrogen) atoms. The van der Waals surface area contributed by atoms with Crippen molar-refractivity contribution < 1.29 is 4.79 Å². The highest BCUT2D eigenvalue weighted by Crippen LogP contribution is 2.34. The van der Waals surface area contributed by atoms with Crippen LogP contribution < -0.4 is 5.32 Å². The molecule has 1 rings (SSSR count). The minimum atomic E-state index is -0.0922. The number of carbonyl (C=O) groups excluding carboxylic acids is 1. The maximum atomic E-state index is 12.4. The monoisotopic (exact) mass is 223 g/mol. The highest BCUT2D eigenvalue weighted by molar-refractivity contribution is 5.87. The predicted octanol–water partition coefficient (Wildman–Crippen LogP) is 3.08. The van der Waals surface area contributed by atoms with Gasteiger partial charge in [-0.15, -0.1) is 0 Å². The van der Waals surface area contributed by atoms with Crippen molar-refractivity contribution in [3.05, 3.63) is 12.2 Å². The number of piperidine rings is 1. The van der Waals surface area contributed by atoms with Crippen molar-refractivity contribution in [2.75, 3.05) is 13.1 Å². The highest BCUT2D eigenvalue weighted by Gasteiger charge is 2.37. The second-order valence-electron chi connectivity index (χ2n) is 5.01. The van der Waals surface area contributed by atoms with Crippen molar-refractivity contribution >= 4 is 5.78 Å². The Balaban J connectivity index is 2.67. The van der Waals surface area contributed by atoms with Gasteiger partial charge in [-0.3, -0.25) is 4.79 Å². The molecule has 1 N–H and O–H groups in total. The first-order valence-electron chi connectivity index (χ1n) is 6.55. The summed E-state index contributed by atoms with van der Waals surface area (Å²) in [4.78, 5) is 12.4. The van der Waals surface area contributed by atoms with Gasteiger partial charge in [0.1, 0.15) is 5.78 Å². The third kappa shape index (κ3) is 3.18. The van der Waals surface area contributed by atoms with Crippen molar-refractivity contribution in [1.82, 2.24) is 5.32 Å². The second kappa shape index (κ2) is 6.19. The van der Waals surface area contributed by atoms with Gasteiger partial charge in [-0.05, 0) is 32.2 Å². The van der Waals surface area contributed by atoms with E-state index in [1.54, 1.807) is 0 Å². The molecule has 1 saturated heterocycles. The lowest BCUT2D eigenvalue weighted by atomic mass is 9.72. The van der Waals surface area contributed by atoms with Crippen LogP contribution in [-0.2, 0) is 4.79 Å². The smallest absolute Gasteiger partial charge is 0.144 e. The normalized spacial score (nSPS) is 25.4. The summed E-state index contributed by atoms with van der Waals surface area (Å²) in [5.74, 6) is 0.411. The van der Waals surface area contributed by atoms with Gasteiger partial charge in [0.25, 0.3) is 0 Å². The number of rotatable bonds is 6. The molecule has 0 spiro atoms. The van der Waals surface area contributed by atoms with Gasteiger partial charge in [0.2, 0.25) is 0 Å². The summed E-state index contributed by atoms with van der Waals surface area (Å²) in [7, 11) is 0. The van der Waals surface area contributed by atoms with E-state index in [2.05, 4.69) is 25.7 Å². The summed E-state index contributed by atoms with van der Waals surface area (Å²) in [5, 5.41) is 3.38. The Morgan fingerprint density at radius 3 is 2.69 bits per heavy atom. The van der Waals surface area contributed by atoms with Crippen molar-refractivity contribution in [1.29, 1.82) is 0 Å². The first kappa shape index (κ1) is 13.4. The Bertz CT molecular complexity index is 246. The van der Waals surface area contributed by atoms with Crippen molar-refractivity contribution in [3.63, 3.8) is 0 Å². The van der Waals surface area contributed by atoms with Crippen LogP contribution in [0.15, 0.2) is 12.2 Å². The molecule has 0 aromatic heterocycles. The van der Waals surface area contributed by atoms with Gasteiger partial charge in [-0.2, -0.15) is 0 Å². The van der Waals surface area contributed by atoms with Gasteiger partial charge >= 0.3 is 0 Å². The molecule has 92 valence electrons. The molecule has 0 aliphatic carbocycles. The first-order chi connectivity index (χ1) is 7.64. The maximum Gasteiger partial charge on any atom is 0.144 e. The van der Waals surface area contributed by atoms with Crippen molar-refractivity contribution in [2.45, 2.75) is 52.4 Å². The van der Waals surface area contributed by atoms with Crippen molar-refractivity contribution in [3.8, 4) is 0 Å². The molecule has 0 radical (unpaired) electrons. The average Bonchev–Trinajstić information content (AvgIpc) is 2.30. The molecule has 1 heterocycles. The van der Waals surface area contributed by atoms with E-state index in [0.717, 1.165) is 50.8 Å². The fourth-order valence-corrected chi connectivity index (χ4v) is 2.58. The fourth-order valence-electron chi connectivity index (χ4n) is 2.58. The van der Waals surface area contributed by atoms with Gasteiger partial charge in [-0.25, -0.2) is 0 Å². The molecule has 1 aliphatic rings. The van der Waals surface area contributed by atoms with E-state index in [-0.39, 0.29) is 5.41 Å². The molecular formula is C14H25NO. The van der Waals surface area contributed by atoms with Crippen LogP contribution >= 0.6 is 0 Å². The molecular weight excluding hydrogens is 198 g/mol.